The Morgan fingerprint density at radius 2 is 1.56 bits per heavy atom. The lowest BCUT2D eigenvalue weighted by Gasteiger charge is -2.16. The van der Waals surface area contributed by atoms with E-state index in [9.17, 15) is 0 Å². The molecule has 3 aromatic carbocycles. The fourth-order valence-corrected chi connectivity index (χ4v) is 2.68. The van der Waals surface area contributed by atoms with Crippen LogP contribution in [0.5, 0.6) is 11.5 Å². The van der Waals surface area contributed by atoms with Crippen molar-refractivity contribution in [3.8, 4) is 11.5 Å². The molecule has 0 fully saturated rings. The second-order valence-corrected chi connectivity index (χ2v) is 5.91. The van der Waals surface area contributed by atoms with Gasteiger partial charge in [-0.1, -0.05) is 49.4 Å². The van der Waals surface area contributed by atoms with E-state index in [1.54, 1.807) is 0 Å². The first-order chi connectivity index (χ1) is 12.2. The minimum atomic E-state index is -0.327. The van der Waals surface area contributed by atoms with Crippen molar-refractivity contribution in [3.63, 3.8) is 0 Å². The highest BCUT2D eigenvalue weighted by Gasteiger charge is 2.05. The van der Waals surface area contributed by atoms with Gasteiger partial charge in [-0.2, -0.15) is 0 Å². The molecule has 0 N–H and O–H groups in total. The smallest absolute Gasteiger partial charge is 0.197 e. The van der Waals surface area contributed by atoms with Gasteiger partial charge in [0.25, 0.3) is 0 Å². The summed E-state index contributed by atoms with van der Waals surface area (Å²) in [6.07, 6.45) is 0.719. The molecule has 1 unspecified atom stereocenters. The molecule has 130 valence electrons. The molecule has 3 heteroatoms. The highest BCUT2D eigenvalue weighted by molar-refractivity contribution is 5.84. The van der Waals surface area contributed by atoms with Gasteiger partial charge in [0.1, 0.15) is 18.1 Å². The van der Waals surface area contributed by atoms with Gasteiger partial charge in [-0.15, -0.1) is 0 Å². The third kappa shape index (κ3) is 4.97. The van der Waals surface area contributed by atoms with E-state index in [0.29, 0.717) is 13.2 Å². The van der Waals surface area contributed by atoms with Crippen LogP contribution < -0.4 is 9.47 Å². The predicted molar refractivity (Wildman–Crippen MR) is 101 cm³/mol. The summed E-state index contributed by atoms with van der Waals surface area (Å²) in [4.78, 5) is 0. The maximum atomic E-state index is 5.85. The maximum Gasteiger partial charge on any atom is 0.197 e. The Labute approximate surface area is 149 Å². The quantitative estimate of drug-likeness (QED) is 0.417. The van der Waals surface area contributed by atoms with Crippen molar-refractivity contribution in [2.45, 2.75) is 26.6 Å². The maximum absolute atomic E-state index is 5.85. The summed E-state index contributed by atoms with van der Waals surface area (Å²) < 4.78 is 17.1. The van der Waals surface area contributed by atoms with Crippen LogP contribution in [0.15, 0.2) is 66.7 Å². The summed E-state index contributed by atoms with van der Waals surface area (Å²) in [7, 11) is 0. The van der Waals surface area contributed by atoms with Crippen molar-refractivity contribution in [2.24, 2.45) is 0 Å². The number of hydrogen-bond acceptors (Lipinski definition) is 3. The second kappa shape index (κ2) is 8.54. The Kier molecular flexibility index (Phi) is 5.91. The third-order valence-corrected chi connectivity index (χ3v) is 4.03. The van der Waals surface area contributed by atoms with Gasteiger partial charge in [0, 0.05) is 0 Å². The van der Waals surface area contributed by atoms with Crippen LogP contribution >= 0.6 is 0 Å². The third-order valence-electron chi connectivity index (χ3n) is 4.03. The summed E-state index contributed by atoms with van der Waals surface area (Å²) in [6, 6.07) is 22.4. The Morgan fingerprint density at radius 1 is 0.800 bits per heavy atom. The number of para-hydroxylation sites is 1. The molecule has 0 spiro atoms. The standard InChI is InChI=1S/C22H24O3/c1-3-18-9-10-20-16-22(12-11-19(20)15-18)25-17(2)23-13-14-24-21-7-5-4-6-8-21/h4-12,15-17H,3,13-14H2,1-2H3. The van der Waals surface area contributed by atoms with E-state index in [1.807, 2.05) is 43.3 Å². The molecule has 0 radical (unpaired) electrons. The fraction of sp³-hybridized carbons (Fsp3) is 0.273. The molecule has 0 aromatic heterocycles. The van der Waals surface area contributed by atoms with Gasteiger partial charge in [0.05, 0.1) is 6.61 Å². The summed E-state index contributed by atoms with van der Waals surface area (Å²) in [6.45, 7) is 5.03. The van der Waals surface area contributed by atoms with Crippen molar-refractivity contribution >= 4 is 10.8 Å². The van der Waals surface area contributed by atoms with Gasteiger partial charge in [-0.3, -0.25) is 0 Å². The van der Waals surface area contributed by atoms with Crippen LogP contribution in [0.2, 0.25) is 0 Å². The van der Waals surface area contributed by atoms with Crippen molar-refractivity contribution in [1.29, 1.82) is 0 Å². The Morgan fingerprint density at radius 3 is 2.36 bits per heavy atom. The van der Waals surface area contributed by atoms with Gasteiger partial charge in [-0.05, 0) is 53.9 Å². The van der Waals surface area contributed by atoms with Crippen LogP contribution in [0.25, 0.3) is 10.8 Å². The Hall–Kier alpha value is -2.52. The van der Waals surface area contributed by atoms with Gasteiger partial charge in [-0.25, -0.2) is 0 Å². The summed E-state index contributed by atoms with van der Waals surface area (Å²) in [5.41, 5.74) is 1.34. The SMILES string of the molecule is CCc1ccc2cc(OC(C)OCCOc3ccccc3)ccc2c1. The predicted octanol–water partition coefficient (Wildman–Crippen LogP) is 5.22. The first kappa shape index (κ1) is 17.3. The zero-order valence-corrected chi connectivity index (χ0v) is 14.8. The molecule has 0 aliphatic heterocycles. The number of aryl methyl sites for hydroxylation is 1. The van der Waals surface area contributed by atoms with E-state index in [2.05, 4.69) is 37.3 Å². The number of fused-ring (bicyclic) bond motifs is 1. The lowest BCUT2D eigenvalue weighted by atomic mass is 10.1. The molecular weight excluding hydrogens is 312 g/mol. The van der Waals surface area contributed by atoms with Crippen LogP contribution in [0.3, 0.4) is 0 Å². The highest BCUT2D eigenvalue weighted by atomic mass is 16.7. The van der Waals surface area contributed by atoms with Crippen LogP contribution in [0.1, 0.15) is 19.4 Å². The molecule has 0 saturated carbocycles. The molecule has 0 aliphatic carbocycles. The minimum Gasteiger partial charge on any atom is -0.491 e. The van der Waals surface area contributed by atoms with Crippen LogP contribution in [0, 0.1) is 0 Å². The zero-order chi connectivity index (χ0) is 17.5. The molecule has 0 bridgehead atoms. The molecular formula is C22H24O3. The number of benzene rings is 3. The molecule has 0 aliphatic rings. The fourth-order valence-electron chi connectivity index (χ4n) is 2.68. The summed E-state index contributed by atoms with van der Waals surface area (Å²) in [5.74, 6) is 1.66. The van der Waals surface area contributed by atoms with Gasteiger partial charge in [0.15, 0.2) is 6.29 Å². The topological polar surface area (TPSA) is 27.7 Å². The normalized spacial score (nSPS) is 12.1. The van der Waals surface area contributed by atoms with E-state index in [1.165, 1.54) is 16.3 Å². The Bertz CT molecular complexity index is 799. The molecule has 0 saturated heterocycles. The van der Waals surface area contributed by atoms with Crippen molar-refractivity contribution in [3.05, 3.63) is 72.3 Å². The van der Waals surface area contributed by atoms with E-state index < -0.39 is 0 Å². The molecule has 3 nitrogen and oxygen atoms in total. The Balaban J connectivity index is 1.49. The van der Waals surface area contributed by atoms with Crippen LogP contribution in [-0.2, 0) is 11.2 Å². The average Bonchev–Trinajstić information content (AvgIpc) is 2.65. The van der Waals surface area contributed by atoms with Gasteiger partial charge in [0.2, 0.25) is 0 Å². The van der Waals surface area contributed by atoms with Gasteiger partial charge >= 0.3 is 0 Å². The second-order valence-electron chi connectivity index (χ2n) is 5.91. The number of rotatable bonds is 8. The first-order valence-corrected chi connectivity index (χ1v) is 8.73. The van der Waals surface area contributed by atoms with E-state index in [-0.39, 0.29) is 6.29 Å². The average molecular weight is 336 g/mol. The zero-order valence-electron chi connectivity index (χ0n) is 14.8. The van der Waals surface area contributed by atoms with E-state index in [0.717, 1.165) is 17.9 Å². The van der Waals surface area contributed by atoms with Crippen LogP contribution in [0.4, 0.5) is 0 Å². The lowest BCUT2D eigenvalue weighted by molar-refractivity contribution is -0.0738. The summed E-state index contributed by atoms with van der Waals surface area (Å²) in [5, 5.41) is 2.41. The van der Waals surface area contributed by atoms with Crippen molar-refractivity contribution in [1.82, 2.24) is 0 Å². The molecule has 3 rings (SSSR count). The number of hydrogen-bond donors (Lipinski definition) is 0. The van der Waals surface area contributed by atoms with Crippen molar-refractivity contribution < 1.29 is 14.2 Å². The molecule has 3 aromatic rings. The van der Waals surface area contributed by atoms with E-state index >= 15 is 0 Å². The van der Waals surface area contributed by atoms with Crippen molar-refractivity contribution in [2.75, 3.05) is 13.2 Å². The van der Waals surface area contributed by atoms with Crippen LogP contribution in [-0.4, -0.2) is 19.5 Å². The molecule has 25 heavy (non-hydrogen) atoms. The first-order valence-electron chi connectivity index (χ1n) is 8.73. The van der Waals surface area contributed by atoms with E-state index in [4.69, 9.17) is 14.2 Å². The summed E-state index contributed by atoms with van der Waals surface area (Å²) >= 11 is 0. The minimum absolute atomic E-state index is 0.327. The molecule has 1 atom stereocenters. The molecule has 0 heterocycles. The molecule has 0 amide bonds. The lowest BCUT2D eigenvalue weighted by Crippen LogP contribution is -2.19. The monoisotopic (exact) mass is 336 g/mol. The highest BCUT2D eigenvalue weighted by Crippen LogP contribution is 2.23. The number of ether oxygens (including phenoxy) is 3. The largest absolute Gasteiger partial charge is 0.491 e. The van der Waals surface area contributed by atoms with Gasteiger partial charge < -0.3 is 14.2 Å².